The first kappa shape index (κ1) is 20.7. The molecule has 9 nitrogen and oxygen atoms in total. The zero-order valence-corrected chi connectivity index (χ0v) is 18.6. The standard InChI is InChI=1S/C24H23N7O2/c1-16-13-30(15-26-16)20-10-9-19(11-21(20)33-3)27-24-28-23-18(14-32-2)12-25-22(31(23)29-24)17-7-5-4-6-8-17/h4-13,15H,14H2,1-3H3,(H,27,29). The number of fused-ring (bicyclic) bond motifs is 1. The molecule has 1 N–H and O–H groups in total. The SMILES string of the molecule is COCc1cnc(-c2ccccc2)n2nc(Nc3ccc(-n4cnc(C)c4)c(OC)c3)nc12. The van der Waals surface area contributed by atoms with E-state index in [1.807, 2.05) is 66.2 Å². The number of rotatable bonds is 7. The van der Waals surface area contributed by atoms with E-state index in [2.05, 4.69) is 20.4 Å². The Balaban J connectivity index is 1.53. The molecule has 33 heavy (non-hydrogen) atoms. The molecular formula is C24H23N7O2. The van der Waals surface area contributed by atoms with Gasteiger partial charge in [-0.3, -0.25) is 0 Å². The van der Waals surface area contributed by atoms with Gasteiger partial charge in [-0.05, 0) is 19.1 Å². The summed E-state index contributed by atoms with van der Waals surface area (Å²) in [6.45, 7) is 2.33. The molecule has 0 aliphatic heterocycles. The van der Waals surface area contributed by atoms with Crippen molar-refractivity contribution in [3.8, 4) is 22.8 Å². The Labute approximate surface area is 190 Å². The van der Waals surface area contributed by atoms with E-state index in [0.717, 1.165) is 28.2 Å². The molecule has 0 amide bonds. The van der Waals surface area contributed by atoms with E-state index in [1.54, 1.807) is 31.3 Å². The Morgan fingerprint density at radius 2 is 1.88 bits per heavy atom. The summed E-state index contributed by atoms with van der Waals surface area (Å²) >= 11 is 0. The largest absolute Gasteiger partial charge is 0.494 e. The highest BCUT2D eigenvalue weighted by atomic mass is 16.5. The topological polar surface area (TPSA) is 91.4 Å². The smallest absolute Gasteiger partial charge is 0.247 e. The zero-order valence-electron chi connectivity index (χ0n) is 18.6. The van der Waals surface area contributed by atoms with E-state index in [0.29, 0.717) is 29.8 Å². The van der Waals surface area contributed by atoms with Crippen molar-refractivity contribution in [2.75, 3.05) is 19.5 Å². The molecule has 5 rings (SSSR count). The normalized spacial score (nSPS) is 11.1. The highest BCUT2D eigenvalue weighted by molar-refractivity contribution is 5.65. The monoisotopic (exact) mass is 441 g/mol. The summed E-state index contributed by atoms with van der Waals surface area (Å²) in [5.74, 6) is 1.85. The number of imidazole rings is 1. The average molecular weight is 441 g/mol. The average Bonchev–Trinajstić information content (AvgIpc) is 3.46. The molecule has 0 aliphatic rings. The number of methoxy groups -OCH3 is 2. The Kier molecular flexibility index (Phi) is 5.45. The summed E-state index contributed by atoms with van der Waals surface area (Å²) in [7, 11) is 3.29. The summed E-state index contributed by atoms with van der Waals surface area (Å²) < 4.78 is 14.6. The Morgan fingerprint density at radius 1 is 1.03 bits per heavy atom. The van der Waals surface area contributed by atoms with Crippen LogP contribution in [-0.2, 0) is 11.3 Å². The number of nitrogens with one attached hydrogen (secondary N) is 1. The molecule has 9 heteroatoms. The Morgan fingerprint density at radius 3 is 2.61 bits per heavy atom. The second-order valence-electron chi connectivity index (χ2n) is 7.51. The molecule has 166 valence electrons. The number of ether oxygens (including phenoxy) is 2. The Hall–Kier alpha value is -4.24. The molecule has 0 fully saturated rings. The Bertz CT molecular complexity index is 1410. The van der Waals surface area contributed by atoms with Crippen LogP contribution in [0.25, 0.3) is 22.7 Å². The minimum Gasteiger partial charge on any atom is -0.494 e. The van der Waals surface area contributed by atoms with E-state index in [1.165, 1.54) is 0 Å². The highest BCUT2D eigenvalue weighted by Gasteiger charge is 2.15. The molecule has 3 heterocycles. The van der Waals surface area contributed by atoms with E-state index < -0.39 is 0 Å². The predicted octanol–water partition coefficient (Wildman–Crippen LogP) is 4.18. The first-order chi connectivity index (χ1) is 16.2. The van der Waals surface area contributed by atoms with Crippen molar-refractivity contribution in [1.29, 1.82) is 0 Å². The molecular weight excluding hydrogens is 418 g/mol. The number of hydrogen-bond acceptors (Lipinski definition) is 7. The van der Waals surface area contributed by atoms with Gasteiger partial charge in [-0.25, -0.2) is 9.97 Å². The van der Waals surface area contributed by atoms with Gasteiger partial charge in [-0.1, -0.05) is 30.3 Å². The van der Waals surface area contributed by atoms with Gasteiger partial charge in [0.15, 0.2) is 11.5 Å². The third-order valence-corrected chi connectivity index (χ3v) is 5.20. The van der Waals surface area contributed by atoms with Gasteiger partial charge in [0.1, 0.15) is 5.75 Å². The van der Waals surface area contributed by atoms with Crippen molar-refractivity contribution in [3.05, 3.63) is 78.5 Å². The molecule has 0 saturated carbocycles. The fourth-order valence-electron chi connectivity index (χ4n) is 3.66. The van der Waals surface area contributed by atoms with Crippen LogP contribution >= 0.6 is 0 Å². The van der Waals surface area contributed by atoms with Gasteiger partial charge in [-0.15, -0.1) is 5.10 Å². The molecule has 0 bridgehead atoms. The molecule has 5 aromatic rings. The third kappa shape index (κ3) is 4.01. The van der Waals surface area contributed by atoms with Crippen LogP contribution in [0.3, 0.4) is 0 Å². The molecule has 0 spiro atoms. The number of hydrogen-bond donors (Lipinski definition) is 1. The summed E-state index contributed by atoms with van der Waals surface area (Å²) in [6, 6.07) is 15.7. The lowest BCUT2D eigenvalue weighted by atomic mass is 10.2. The molecule has 0 aliphatic carbocycles. The van der Waals surface area contributed by atoms with Crippen molar-refractivity contribution in [1.82, 2.24) is 29.1 Å². The van der Waals surface area contributed by atoms with Gasteiger partial charge in [-0.2, -0.15) is 9.50 Å². The maximum Gasteiger partial charge on any atom is 0.247 e. The van der Waals surface area contributed by atoms with E-state index in [-0.39, 0.29) is 0 Å². The fourth-order valence-corrected chi connectivity index (χ4v) is 3.66. The number of aromatic nitrogens is 6. The second kappa shape index (κ2) is 8.71. The molecule has 2 aromatic carbocycles. The summed E-state index contributed by atoms with van der Waals surface area (Å²) in [6.07, 6.45) is 5.49. The fraction of sp³-hybridized carbons (Fsp3) is 0.167. The van der Waals surface area contributed by atoms with Crippen molar-refractivity contribution in [2.45, 2.75) is 13.5 Å². The van der Waals surface area contributed by atoms with Crippen molar-refractivity contribution < 1.29 is 9.47 Å². The molecule has 3 aromatic heterocycles. The lowest BCUT2D eigenvalue weighted by Crippen LogP contribution is -2.02. The van der Waals surface area contributed by atoms with Gasteiger partial charge in [0.05, 0.1) is 31.4 Å². The van der Waals surface area contributed by atoms with Gasteiger partial charge < -0.3 is 19.4 Å². The predicted molar refractivity (Wildman–Crippen MR) is 125 cm³/mol. The summed E-state index contributed by atoms with van der Waals surface area (Å²) in [5, 5.41) is 7.97. The number of benzene rings is 2. The highest BCUT2D eigenvalue weighted by Crippen LogP contribution is 2.29. The van der Waals surface area contributed by atoms with Crippen LogP contribution in [0.2, 0.25) is 0 Å². The molecule has 0 radical (unpaired) electrons. The summed E-state index contributed by atoms with van der Waals surface area (Å²) in [4.78, 5) is 13.6. The number of nitrogens with zero attached hydrogens (tertiary/aromatic N) is 6. The van der Waals surface area contributed by atoms with E-state index >= 15 is 0 Å². The van der Waals surface area contributed by atoms with E-state index in [9.17, 15) is 0 Å². The van der Waals surface area contributed by atoms with Crippen LogP contribution in [0.5, 0.6) is 5.75 Å². The first-order valence-electron chi connectivity index (χ1n) is 10.4. The van der Waals surface area contributed by atoms with Crippen LogP contribution in [0.1, 0.15) is 11.3 Å². The molecule has 0 saturated heterocycles. The zero-order chi connectivity index (χ0) is 22.8. The van der Waals surface area contributed by atoms with Crippen molar-refractivity contribution in [3.63, 3.8) is 0 Å². The van der Waals surface area contributed by atoms with E-state index in [4.69, 9.17) is 14.5 Å². The second-order valence-corrected chi connectivity index (χ2v) is 7.51. The lowest BCUT2D eigenvalue weighted by molar-refractivity contribution is 0.185. The van der Waals surface area contributed by atoms with Gasteiger partial charge in [0.25, 0.3) is 0 Å². The number of anilines is 2. The van der Waals surface area contributed by atoms with Gasteiger partial charge in [0.2, 0.25) is 5.95 Å². The minimum atomic E-state index is 0.385. The summed E-state index contributed by atoms with van der Waals surface area (Å²) in [5.41, 5.74) is 5.11. The van der Waals surface area contributed by atoms with Crippen molar-refractivity contribution >= 4 is 17.3 Å². The molecule has 0 unspecified atom stereocenters. The van der Waals surface area contributed by atoms with Gasteiger partial charge >= 0.3 is 0 Å². The van der Waals surface area contributed by atoms with Crippen LogP contribution < -0.4 is 10.1 Å². The van der Waals surface area contributed by atoms with Crippen LogP contribution in [0.4, 0.5) is 11.6 Å². The number of aryl methyl sites for hydroxylation is 1. The lowest BCUT2D eigenvalue weighted by Gasteiger charge is -2.11. The van der Waals surface area contributed by atoms with Crippen LogP contribution in [0.15, 0.2) is 67.3 Å². The molecule has 0 atom stereocenters. The van der Waals surface area contributed by atoms with Crippen LogP contribution in [-0.4, -0.2) is 43.4 Å². The third-order valence-electron chi connectivity index (χ3n) is 5.20. The maximum absolute atomic E-state index is 5.61. The minimum absolute atomic E-state index is 0.385. The maximum atomic E-state index is 5.61. The van der Waals surface area contributed by atoms with Crippen LogP contribution in [0, 0.1) is 6.92 Å². The van der Waals surface area contributed by atoms with Crippen molar-refractivity contribution in [2.24, 2.45) is 0 Å². The first-order valence-corrected chi connectivity index (χ1v) is 10.4. The quantitative estimate of drug-likeness (QED) is 0.405. The van der Waals surface area contributed by atoms with Gasteiger partial charge in [0, 0.05) is 42.4 Å².